The molecule has 3 N–H and O–H groups in total. The Morgan fingerprint density at radius 3 is 2.64 bits per heavy atom. The minimum Gasteiger partial charge on any atom is -0.394 e. The maximum absolute atomic E-state index is 9.03. The molecule has 0 aromatic heterocycles. The third kappa shape index (κ3) is 1.28. The molecule has 1 saturated carbocycles. The van der Waals surface area contributed by atoms with Crippen LogP contribution in [0.25, 0.3) is 0 Å². The first kappa shape index (κ1) is 7.53. The topological polar surface area (TPSA) is 55.5 Å². The highest BCUT2D eigenvalue weighted by atomic mass is 16.5. The van der Waals surface area contributed by atoms with Crippen LogP contribution in [0.15, 0.2) is 0 Å². The quantitative estimate of drug-likeness (QED) is 0.564. The van der Waals surface area contributed by atoms with Crippen molar-refractivity contribution in [1.82, 2.24) is 0 Å². The maximum atomic E-state index is 9.03. The molecule has 1 aliphatic heterocycles. The van der Waals surface area contributed by atoms with E-state index >= 15 is 0 Å². The molecule has 1 atom stereocenters. The van der Waals surface area contributed by atoms with Crippen LogP contribution in [-0.4, -0.2) is 29.5 Å². The van der Waals surface area contributed by atoms with Crippen molar-refractivity contribution in [3.63, 3.8) is 0 Å². The number of nitrogens with two attached hydrogens (primary N) is 1. The first-order chi connectivity index (χ1) is 5.18. The highest BCUT2D eigenvalue weighted by Gasteiger charge is 2.51. The summed E-state index contributed by atoms with van der Waals surface area (Å²) in [6.45, 7) is 0.815. The van der Waals surface area contributed by atoms with E-state index in [0.29, 0.717) is 0 Å². The molecule has 0 aromatic rings. The van der Waals surface area contributed by atoms with Crippen LogP contribution in [0.3, 0.4) is 0 Å². The van der Waals surface area contributed by atoms with Gasteiger partial charge in [-0.1, -0.05) is 0 Å². The molecule has 2 rings (SSSR count). The van der Waals surface area contributed by atoms with Crippen molar-refractivity contribution in [2.24, 2.45) is 5.73 Å². The van der Waals surface area contributed by atoms with Gasteiger partial charge >= 0.3 is 0 Å². The standard InChI is InChI=1S/C8H15NO2/c9-7(6-10)3-4-11-8(5-7)1-2-8/h10H,1-6,9H2. The molecule has 0 bridgehead atoms. The molecular formula is C8H15NO2. The lowest BCUT2D eigenvalue weighted by atomic mass is 9.87. The van der Waals surface area contributed by atoms with Crippen LogP contribution in [0.5, 0.6) is 0 Å². The van der Waals surface area contributed by atoms with E-state index in [1.807, 2.05) is 0 Å². The van der Waals surface area contributed by atoms with Gasteiger partial charge in [0.1, 0.15) is 0 Å². The van der Waals surface area contributed by atoms with E-state index in [-0.39, 0.29) is 17.7 Å². The fourth-order valence-electron chi connectivity index (χ4n) is 1.85. The van der Waals surface area contributed by atoms with Crippen molar-refractivity contribution in [3.8, 4) is 0 Å². The molecule has 3 heteroatoms. The van der Waals surface area contributed by atoms with Crippen molar-refractivity contribution >= 4 is 0 Å². The van der Waals surface area contributed by atoms with Crippen molar-refractivity contribution < 1.29 is 9.84 Å². The summed E-state index contributed by atoms with van der Waals surface area (Å²) in [6.07, 6.45) is 3.90. The lowest BCUT2D eigenvalue weighted by Gasteiger charge is -2.36. The fourth-order valence-corrected chi connectivity index (χ4v) is 1.85. The van der Waals surface area contributed by atoms with Crippen molar-refractivity contribution in [2.75, 3.05) is 13.2 Å². The predicted molar refractivity (Wildman–Crippen MR) is 41.2 cm³/mol. The molecular weight excluding hydrogens is 142 g/mol. The second kappa shape index (κ2) is 2.19. The number of ether oxygens (including phenoxy) is 1. The average molecular weight is 157 g/mol. The highest BCUT2D eigenvalue weighted by Crippen LogP contribution is 2.48. The Balaban J connectivity index is 2.03. The molecule has 0 radical (unpaired) electrons. The number of aliphatic hydroxyl groups is 1. The Morgan fingerprint density at radius 1 is 1.36 bits per heavy atom. The van der Waals surface area contributed by atoms with Crippen LogP contribution in [0.4, 0.5) is 0 Å². The average Bonchev–Trinajstić information content (AvgIpc) is 2.69. The van der Waals surface area contributed by atoms with Gasteiger partial charge < -0.3 is 15.6 Å². The van der Waals surface area contributed by atoms with E-state index in [0.717, 1.165) is 32.3 Å². The maximum Gasteiger partial charge on any atom is 0.0703 e. The first-order valence-corrected chi connectivity index (χ1v) is 4.22. The molecule has 1 spiro atoms. The van der Waals surface area contributed by atoms with Gasteiger partial charge in [0.05, 0.1) is 12.2 Å². The first-order valence-electron chi connectivity index (χ1n) is 4.22. The Bertz CT molecular complexity index is 167. The van der Waals surface area contributed by atoms with Crippen LogP contribution in [0.1, 0.15) is 25.7 Å². The van der Waals surface area contributed by atoms with Crippen LogP contribution >= 0.6 is 0 Å². The van der Waals surface area contributed by atoms with Gasteiger partial charge in [-0.2, -0.15) is 0 Å². The smallest absolute Gasteiger partial charge is 0.0703 e. The summed E-state index contributed by atoms with van der Waals surface area (Å²) >= 11 is 0. The summed E-state index contributed by atoms with van der Waals surface area (Å²) in [6, 6.07) is 0. The lowest BCUT2D eigenvalue weighted by Crippen LogP contribution is -2.51. The largest absolute Gasteiger partial charge is 0.394 e. The van der Waals surface area contributed by atoms with Crippen LogP contribution < -0.4 is 5.73 Å². The second-order valence-electron chi connectivity index (χ2n) is 3.98. The molecule has 1 heterocycles. The fraction of sp³-hybridized carbons (Fsp3) is 1.00. The van der Waals surface area contributed by atoms with Gasteiger partial charge in [0.2, 0.25) is 0 Å². The summed E-state index contributed by atoms with van der Waals surface area (Å²) in [5.41, 5.74) is 5.67. The van der Waals surface area contributed by atoms with Gasteiger partial charge in [0, 0.05) is 12.1 Å². The SMILES string of the molecule is NC1(CO)CCOC2(CC2)C1. The van der Waals surface area contributed by atoms with Gasteiger partial charge in [-0.3, -0.25) is 0 Å². The number of rotatable bonds is 1. The van der Waals surface area contributed by atoms with Crippen LogP contribution in [0, 0.1) is 0 Å². The molecule has 1 unspecified atom stereocenters. The summed E-state index contributed by atoms with van der Waals surface area (Å²) in [4.78, 5) is 0. The molecule has 0 aromatic carbocycles. The molecule has 2 aliphatic rings. The second-order valence-corrected chi connectivity index (χ2v) is 3.98. The van der Waals surface area contributed by atoms with E-state index in [4.69, 9.17) is 15.6 Å². The third-order valence-corrected chi connectivity index (χ3v) is 2.81. The number of hydrogen-bond donors (Lipinski definition) is 2. The zero-order chi connectivity index (χ0) is 7.95. The van der Waals surface area contributed by atoms with Gasteiger partial charge in [-0.15, -0.1) is 0 Å². The molecule has 1 aliphatic carbocycles. The summed E-state index contributed by atoms with van der Waals surface area (Å²) < 4.78 is 5.58. The minimum atomic E-state index is -0.352. The predicted octanol–water partition coefficient (Wildman–Crippen LogP) is 0.0192. The molecule has 0 amide bonds. The van der Waals surface area contributed by atoms with Gasteiger partial charge in [0.15, 0.2) is 0 Å². The Labute approximate surface area is 66.5 Å². The van der Waals surface area contributed by atoms with Gasteiger partial charge in [-0.05, 0) is 25.7 Å². The highest BCUT2D eigenvalue weighted by molar-refractivity contribution is 5.06. The molecule has 3 nitrogen and oxygen atoms in total. The van der Waals surface area contributed by atoms with Gasteiger partial charge in [0.25, 0.3) is 0 Å². The van der Waals surface area contributed by atoms with Crippen LogP contribution in [0.2, 0.25) is 0 Å². The monoisotopic (exact) mass is 157 g/mol. The summed E-state index contributed by atoms with van der Waals surface area (Å²) in [5.74, 6) is 0. The number of hydrogen-bond acceptors (Lipinski definition) is 3. The summed E-state index contributed by atoms with van der Waals surface area (Å²) in [5, 5.41) is 9.03. The third-order valence-electron chi connectivity index (χ3n) is 2.81. The zero-order valence-corrected chi connectivity index (χ0v) is 6.68. The van der Waals surface area contributed by atoms with E-state index in [2.05, 4.69) is 0 Å². The number of aliphatic hydroxyl groups excluding tert-OH is 1. The Hall–Kier alpha value is -0.120. The minimum absolute atomic E-state index is 0.0791. The van der Waals surface area contributed by atoms with E-state index < -0.39 is 0 Å². The Morgan fingerprint density at radius 2 is 2.09 bits per heavy atom. The van der Waals surface area contributed by atoms with E-state index in [9.17, 15) is 0 Å². The van der Waals surface area contributed by atoms with E-state index in [1.165, 1.54) is 0 Å². The normalized spacial score (nSPS) is 40.9. The molecule has 1 saturated heterocycles. The van der Waals surface area contributed by atoms with Gasteiger partial charge in [-0.25, -0.2) is 0 Å². The van der Waals surface area contributed by atoms with Crippen molar-refractivity contribution in [2.45, 2.75) is 36.8 Å². The zero-order valence-electron chi connectivity index (χ0n) is 6.68. The van der Waals surface area contributed by atoms with Crippen molar-refractivity contribution in [3.05, 3.63) is 0 Å². The van der Waals surface area contributed by atoms with E-state index in [1.54, 1.807) is 0 Å². The molecule has 2 fully saturated rings. The molecule has 64 valence electrons. The van der Waals surface area contributed by atoms with Crippen LogP contribution in [-0.2, 0) is 4.74 Å². The van der Waals surface area contributed by atoms with Crippen molar-refractivity contribution in [1.29, 1.82) is 0 Å². The Kier molecular flexibility index (Phi) is 1.50. The lowest BCUT2D eigenvalue weighted by molar-refractivity contribution is -0.0494. The summed E-state index contributed by atoms with van der Waals surface area (Å²) in [7, 11) is 0. The molecule has 11 heavy (non-hydrogen) atoms.